The highest BCUT2D eigenvalue weighted by Gasteiger charge is 2.84. The number of amides is 1. The lowest BCUT2D eigenvalue weighted by atomic mass is 9.41. The number of nitrogens with one attached hydrogen (secondary N) is 1. The zero-order valence-electron chi connectivity index (χ0n) is 29.6. The lowest BCUT2D eigenvalue weighted by molar-refractivity contribution is -0.202. The number of alkyl carbamates (subject to hydrolysis) is 1. The Morgan fingerprint density at radius 1 is 1.00 bits per heavy atom. The molecule has 14 atom stereocenters. The standard InChI is InChI=1S/C38H62N2O6/c1-21-18-24(30(41)34(4,5)44)45-29-28(21)35(6)14-15-38-20-37(38)13-10-27(46-32(43)39-23-19-40-16-11-22(23)12-17-40)33(2,3)25(37)8-9-26(38)36(35,7)31(29)42/h21-31,41-42,44H,8-20H2,1-7H3,(H,39,43)/t21-,23+,24-,25+,26+,27+,28+,29+,30+,31+,35-,36-,37-,38+/m1/s1. The first-order valence-electron chi connectivity index (χ1n) is 18.9. The van der Waals surface area contributed by atoms with Crippen LogP contribution in [0.5, 0.6) is 0 Å². The van der Waals surface area contributed by atoms with Gasteiger partial charge in [0.25, 0.3) is 0 Å². The second-order valence-electron chi connectivity index (χ2n) is 19.4. The lowest BCUT2D eigenvalue weighted by Crippen LogP contribution is -2.60. The first-order valence-corrected chi connectivity index (χ1v) is 18.9. The summed E-state index contributed by atoms with van der Waals surface area (Å²) < 4.78 is 13.0. The monoisotopic (exact) mass is 642 g/mol. The van der Waals surface area contributed by atoms with E-state index in [9.17, 15) is 20.1 Å². The molecule has 8 heteroatoms. The molecule has 9 rings (SSSR count). The molecule has 0 aromatic heterocycles. The van der Waals surface area contributed by atoms with Crippen molar-refractivity contribution in [2.24, 2.45) is 56.7 Å². The van der Waals surface area contributed by atoms with Gasteiger partial charge in [-0.25, -0.2) is 4.79 Å². The van der Waals surface area contributed by atoms with Crippen molar-refractivity contribution in [2.45, 2.75) is 155 Å². The van der Waals surface area contributed by atoms with Gasteiger partial charge in [-0.15, -0.1) is 0 Å². The van der Waals surface area contributed by atoms with E-state index in [2.05, 4.69) is 44.8 Å². The zero-order chi connectivity index (χ0) is 32.8. The van der Waals surface area contributed by atoms with Crippen molar-refractivity contribution in [3.05, 3.63) is 0 Å². The van der Waals surface area contributed by atoms with Crippen molar-refractivity contribution in [1.82, 2.24) is 10.2 Å². The molecule has 0 aromatic rings. The molecule has 5 saturated carbocycles. The van der Waals surface area contributed by atoms with Gasteiger partial charge in [-0.2, -0.15) is 0 Å². The minimum Gasteiger partial charge on any atom is -0.446 e. The van der Waals surface area contributed by atoms with Crippen LogP contribution in [0.2, 0.25) is 0 Å². The lowest BCUT2D eigenvalue weighted by Gasteiger charge is -2.63. The summed E-state index contributed by atoms with van der Waals surface area (Å²) in [7, 11) is 0. The zero-order valence-corrected chi connectivity index (χ0v) is 29.6. The smallest absolute Gasteiger partial charge is 0.407 e. The van der Waals surface area contributed by atoms with E-state index in [4.69, 9.17) is 9.47 Å². The molecule has 9 fully saturated rings. The molecule has 8 nitrogen and oxygen atoms in total. The number of fused-ring (bicyclic) bond motifs is 7. The maximum atomic E-state index is 13.3. The predicted molar refractivity (Wildman–Crippen MR) is 175 cm³/mol. The molecule has 46 heavy (non-hydrogen) atoms. The van der Waals surface area contributed by atoms with Gasteiger partial charge in [0.05, 0.1) is 23.9 Å². The Morgan fingerprint density at radius 2 is 1.67 bits per heavy atom. The van der Waals surface area contributed by atoms with Crippen molar-refractivity contribution in [3.8, 4) is 0 Å². The minimum absolute atomic E-state index is 0.0449. The molecule has 0 aromatic carbocycles. The number of rotatable bonds is 4. The Morgan fingerprint density at radius 3 is 2.33 bits per heavy atom. The molecule has 260 valence electrons. The van der Waals surface area contributed by atoms with Crippen LogP contribution in [0.15, 0.2) is 0 Å². The second kappa shape index (κ2) is 10.1. The second-order valence-corrected chi connectivity index (χ2v) is 19.4. The topological polar surface area (TPSA) is 111 Å². The van der Waals surface area contributed by atoms with E-state index in [0.717, 1.165) is 51.7 Å². The highest BCUT2D eigenvalue weighted by molar-refractivity contribution is 5.68. The molecule has 0 radical (unpaired) electrons. The average molecular weight is 643 g/mol. The molecule has 4 heterocycles. The average Bonchev–Trinajstić information content (AvgIpc) is 3.63. The first kappa shape index (κ1) is 32.3. The highest BCUT2D eigenvalue weighted by atomic mass is 16.6. The number of hydrogen-bond donors (Lipinski definition) is 4. The normalized spacial score (nSPS) is 55.6. The van der Waals surface area contributed by atoms with Crippen LogP contribution in [-0.4, -0.2) is 88.1 Å². The van der Waals surface area contributed by atoms with Gasteiger partial charge in [0.15, 0.2) is 0 Å². The predicted octanol–water partition coefficient (Wildman–Crippen LogP) is 5.12. The summed E-state index contributed by atoms with van der Waals surface area (Å²) in [6.45, 7) is 18.4. The number of piperidine rings is 3. The van der Waals surface area contributed by atoms with Gasteiger partial charge in [-0.3, -0.25) is 0 Å². The molecule has 2 bridgehead atoms. The van der Waals surface area contributed by atoms with E-state index in [1.165, 1.54) is 25.7 Å². The van der Waals surface area contributed by atoms with Crippen LogP contribution in [0.4, 0.5) is 4.79 Å². The van der Waals surface area contributed by atoms with Gasteiger partial charge >= 0.3 is 6.09 Å². The minimum atomic E-state index is -1.26. The molecule has 2 spiro atoms. The summed E-state index contributed by atoms with van der Waals surface area (Å²) in [5.74, 6) is 2.05. The Labute approximate surface area is 276 Å². The number of carbonyl (C=O) groups is 1. The Hall–Kier alpha value is -0.930. The Kier molecular flexibility index (Phi) is 7.07. The van der Waals surface area contributed by atoms with Crippen LogP contribution in [0.1, 0.15) is 113 Å². The molecule has 4 saturated heterocycles. The molecular formula is C38H62N2O6. The van der Waals surface area contributed by atoms with E-state index in [1.807, 2.05) is 0 Å². The number of ether oxygens (including phenoxy) is 2. The van der Waals surface area contributed by atoms with Crippen molar-refractivity contribution >= 4 is 6.09 Å². The molecule has 0 unspecified atom stereocenters. The third-order valence-corrected chi connectivity index (χ3v) is 17.1. The quantitative estimate of drug-likeness (QED) is 0.337. The fourth-order valence-electron chi connectivity index (χ4n) is 14.6. The third kappa shape index (κ3) is 4.06. The number of hydrogen-bond acceptors (Lipinski definition) is 7. The SMILES string of the molecule is C[C@@H]1C[C@H]([C@H](O)C(C)(C)O)O[C@H]2[C@H]1[C@@]1(C)CC[C@@]34C[C@@]35CC[C@H](OC(=O)N[C@H]3CN6CCC3CC6)C(C)(C)[C@@H]5CC[C@H]4[C@]1(C)[C@H]2O. The van der Waals surface area contributed by atoms with Gasteiger partial charge in [0.2, 0.25) is 0 Å². The molecule has 9 aliphatic rings. The van der Waals surface area contributed by atoms with Gasteiger partial charge in [-0.05, 0) is 137 Å². The van der Waals surface area contributed by atoms with Crippen LogP contribution in [0.3, 0.4) is 0 Å². The first-order chi connectivity index (χ1) is 21.5. The maximum Gasteiger partial charge on any atom is 0.407 e. The summed E-state index contributed by atoms with van der Waals surface area (Å²) in [5, 5.41) is 37.3. The van der Waals surface area contributed by atoms with E-state index in [-0.39, 0.29) is 57.3 Å². The molecule has 4 aliphatic heterocycles. The summed E-state index contributed by atoms with van der Waals surface area (Å²) in [6.07, 6.45) is 8.17. The summed E-state index contributed by atoms with van der Waals surface area (Å²) in [6, 6.07) is 0.217. The molecule has 1 amide bonds. The third-order valence-electron chi connectivity index (χ3n) is 17.1. The van der Waals surface area contributed by atoms with Crippen molar-refractivity contribution in [3.63, 3.8) is 0 Å². The van der Waals surface area contributed by atoms with Gasteiger partial charge in [-0.1, -0.05) is 34.6 Å². The Balaban J connectivity index is 1.01. The van der Waals surface area contributed by atoms with Gasteiger partial charge < -0.3 is 35.0 Å². The van der Waals surface area contributed by atoms with Crippen LogP contribution >= 0.6 is 0 Å². The van der Waals surface area contributed by atoms with Crippen molar-refractivity contribution in [2.75, 3.05) is 19.6 Å². The molecular weight excluding hydrogens is 580 g/mol. The van der Waals surface area contributed by atoms with Crippen molar-refractivity contribution < 1.29 is 29.6 Å². The van der Waals surface area contributed by atoms with Crippen LogP contribution in [0, 0.1) is 56.7 Å². The summed E-state index contributed by atoms with van der Waals surface area (Å²) in [4.78, 5) is 15.8. The number of nitrogens with zero attached hydrogens (tertiary/aromatic N) is 1. The molecule has 5 aliphatic carbocycles. The molecule has 4 N–H and O–H groups in total. The van der Waals surface area contributed by atoms with Crippen LogP contribution < -0.4 is 5.32 Å². The fourth-order valence-corrected chi connectivity index (χ4v) is 14.6. The van der Waals surface area contributed by atoms with Gasteiger partial charge in [0.1, 0.15) is 12.2 Å². The van der Waals surface area contributed by atoms with E-state index >= 15 is 0 Å². The highest BCUT2D eigenvalue weighted by Crippen LogP contribution is 2.89. The number of aliphatic hydroxyl groups is 3. The van der Waals surface area contributed by atoms with E-state index in [1.54, 1.807) is 13.8 Å². The number of aliphatic hydroxyl groups excluding tert-OH is 2. The fraction of sp³-hybridized carbons (Fsp3) is 0.974. The van der Waals surface area contributed by atoms with Crippen LogP contribution in [0.25, 0.3) is 0 Å². The number of carbonyl (C=O) groups excluding carboxylic acids is 1. The largest absolute Gasteiger partial charge is 0.446 e. The van der Waals surface area contributed by atoms with E-state index < -0.39 is 23.9 Å². The van der Waals surface area contributed by atoms with E-state index in [0.29, 0.717) is 30.1 Å². The van der Waals surface area contributed by atoms with Crippen molar-refractivity contribution in [1.29, 1.82) is 0 Å². The van der Waals surface area contributed by atoms with Gasteiger partial charge in [0, 0.05) is 23.4 Å². The van der Waals surface area contributed by atoms with Crippen LogP contribution in [-0.2, 0) is 9.47 Å². The Bertz CT molecular complexity index is 1240. The summed E-state index contributed by atoms with van der Waals surface area (Å²) in [5.41, 5.74) is -1.18. The summed E-state index contributed by atoms with van der Waals surface area (Å²) >= 11 is 0. The maximum absolute atomic E-state index is 13.3.